The van der Waals surface area contributed by atoms with Crippen LogP contribution in [0.15, 0.2) is 0 Å². The fourth-order valence-electron chi connectivity index (χ4n) is 2.27. The first-order chi connectivity index (χ1) is 7.79. The van der Waals surface area contributed by atoms with Crippen molar-refractivity contribution in [3.8, 4) is 0 Å². The van der Waals surface area contributed by atoms with Crippen molar-refractivity contribution in [2.45, 2.75) is 32.3 Å². The maximum atomic E-state index is 9.12. The summed E-state index contributed by atoms with van der Waals surface area (Å²) in [6.07, 6.45) is 4.48. The van der Waals surface area contributed by atoms with Crippen LogP contribution < -0.4 is 5.73 Å². The van der Waals surface area contributed by atoms with Gasteiger partial charge in [0.15, 0.2) is 5.82 Å². The second kappa shape index (κ2) is 3.68. The largest absolute Gasteiger partial charge is 0.389 e. The Balaban J connectivity index is 2.32. The summed E-state index contributed by atoms with van der Waals surface area (Å²) in [5.41, 5.74) is 9.10. The molecule has 1 aliphatic carbocycles. The van der Waals surface area contributed by atoms with Gasteiger partial charge in [0.2, 0.25) is 0 Å². The van der Waals surface area contributed by atoms with Gasteiger partial charge < -0.3 is 10.8 Å². The highest BCUT2D eigenvalue weighted by molar-refractivity contribution is 7.18. The quantitative estimate of drug-likeness (QED) is 0.788. The van der Waals surface area contributed by atoms with E-state index in [4.69, 9.17) is 10.8 Å². The molecule has 1 aliphatic rings. The number of aromatic nitrogens is 2. The van der Waals surface area contributed by atoms with E-state index in [2.05, 4.69) is 9.97 Å². The van der Waals surface area contributed by atoms with E-state index < -0.39 is 0 Å². The molecule has 5 heteroatoms. The van der Waals surface area contributed by atoms with Crippen molar-refractivity contribution in [2.75, 3.05) is 5.73 Å². The third-order valence-electron chi connectivity index (χ3n) is 3.02. The maximum Gasteiger partial charge on any atom is 0.151 e. The standard InChI is InChI=1S/C11H13N3OS/c12-11-9-10(16-8(5-15)14-9)6-3-1-2-4-7(6)13-11/h15H,1-5H2,(H2,12,13). The number of nitrogens with zero attached hydrogens (tertiary/aromatic N) is 2. The molecule has 0 aliphatic heterocycles. The van der Waals surface area contributed by atoms with E-state index in [1.54, 1.807) is 11.3 Å². The van der Waals surface area contributed by atoms with Crippen molar-refractivity contribution in [3.63, 3.8) is 0 Å². The molecule has 16 heavy (non-hydrogen) atoms. The fraction of sp³-hybridized carbons (Fsp3) is 0.455. The topological polar surface area (TPSA) is 72.0 Å². The lowest BCUT2D eigenvalue weighted by Gasteiger charge is -2.15. The first kappa shape index (κ1) is 9.99. The molecule has 2 aromatic rings. The van der Waals surface area contributed by atoms with Crippen molar-refractivity contribution in [1.82, 2.24) is 9.97 Å². The van der Waals surface area contributed by atoms with Gasteiger partial charge in [-0.2, -0.15) is 0 Å². The van der Waals surface area contributed by atoms with E-state index in [1.165, 1.54) is 18.4 Å². The second-order valence-corrected chi connectivity index (χ2v) is 5.16. The molecule has 0 unspecified atom stereocenters. The molecule has 0 saturated heterocycles. The number of aryl methyl sites for hydroxylation is 2. The number of fused-ring (bicyclic) bond motifs is 3. The maximum absolute atomic E-state index is 9.12. The first-order valence-corrected chi connectivity index (χ1v) is 6.28. The number of hydrogen-bond donors (Lipinski definition) is 2. The summed E-state index contributed by atoms with van der Waals surface area (Å²) in [5, 5.41) is 9.84. The smallest absolute Gasteiger partial charge is 0.151 e. The van der Waals surface area contributed by atoms with Crippen molar-refractivity contribution in [3.05, 3.63) is 16.3 Å². The number of aliphatic hydroxyl groups excluding tert-OH is 1. The molecular weight excluding hydrogens is 222 g/mol. The zero-order valence-corrected chi connectivity index (χ0v) is 9.68. The van der Waals surface area contributed by atoms with E-state index in [9.17, 15) is 0 Å². The number of aliphatic hydroxyl groups is 1. The molecule has 0 spiro atoms. The van der Waals surface area contributed by atoms with Crippen LogP contribution in [0, 0.1) is 0 Å². The highest BCUT2D eigenvalue weighted by atomic mass is 32.1. The van der Waals surface area contributed by atoms with Crippen LogP contribution in [0.1, 0.15) is 29.1 Å². The SMILES string of the molecule is Nc1nc2c(c3sc(CO)nc13)CCCC2. The van der Waals surface area contributed by atoms with E-state index in [1.807, 2.05) is 0 Å². The number of nitrogens with two attached hydrogens (primary N) is 1. The Morgan fingerprint density at radius 2 is 2.06 bits per heavy atom. The van der Waals surface area contributed by atoms with Gasteiger partial charge in [-0.05, 0) is 31.2 Å². The van der Waals surface area contributed by atoms with Gasteiger partial charge in [0.05, 0.1) is 11.3 Å². The summed E-state index contributed by atoms with van der Waals surface area (Å²) in [4.78, 5) is 8.75. The summed E-state index contributed by atoms with van der Waals surface area (Å²) >= 11 is 1.54. The van der Waals surface area contributed by atoms with Crippen LogP contribution in [-0.2, 0) is 19.4 Å². The molecule has 2 heterocycles. The molecule has 3 rings (SSSR count). The molecule has 0 saturated carbocycles. The number of anilines is 1. The predicted molar refractivity (Wildman–Crippen MR) is 64.4 cm³/mol. The Labute approximate surface area is 97.1 Å². The fourth-order valence-corrected chi connectivity index (χ4v) is 3.29. The molecule has 0 fully saturated rings. The summed E-state index contributed by atoms with van der Waals surface area (Å²) in [5.74, 6) is 0.506. The Morgan fingerprint density at radius 1 is 1.25 bits per heavy atom. The van der Waals surface area contributed by atoms with Crippen LogP contribution in [-0.4, -0.2) is 15.1 Å². The predicted octanol–water partition coefficient (Wildman–Crippen LogP) is 1.64. The van der Waals surface area contributed by atoms with Gasteiger partial charge in [0, 0.05) is 5.69 Å². The number of nitrogen functional groups attached to an aromatic ring is 1. The van der Waals surface area contributed by atoms with Gasteiger partial charge in [-0.15, -0.1) is 11.3 Å². The Morgan fingerprint density at radius 3 is 2.88 bits per heavy atom. The van der Waals surface area contributed by atoms with E-state index in [0.29, 0.717) is 5.82 Å². The third-order valence-corrected chi connectivity index (χ3v) is 4.12. The minimum Gasteiger partial charge on any atom is -0.389 e. The molecule has 0 amide bonds. The van der Waals surface area contributed by atoms with Crippen LogP contribution in [0.4, 0.5) is 5.82 Å². The molecule has 84 valence electrons. The lowest BCUT2D eigenvalue weighted by molar-refractivity contribution is 0.281. The number of thiazole rings is 1. The summed E-state index contributed by atoms with van der Waals surface area (Å²) in [6, 6.07) is 0. The number of pyridine rings is 1. The average Bonchev–Trinajstić information content (AvgIpc) is 2.74. The van der Waals surface area contributed by atoms with Gasteiger partial charge in [0.25, 0.3) is 0 Å². The minimum atomic E-state index is -0.0203. The molecule has 0 aromatic carbocycles. The van der Waals surface area contributed by atoms with Crippen molar-refractivity contribution >= 4 is 27.4 Å². The molecule has 4 nitrogen and oxygen atoms in total. The minimum absolute atomic E-state index is 0.0203. The highest BCUT2D eigenvalue weighted by Crippen LogP contribution is 2.34. The van der Waals surface area contributed by atoms with Crippen LogP contribution in [0.25, 0.3) is 10.2 Å². The Hall–Kier alpha value is -1.20. The van der Waals surface area contributed by atoms with Crippen molar-refractivity contribution in [1.29, 1.82) is 0 Å². The third kappa shape index (κ3) is 1.39. The summed E-state index contributed by atoms with van der Waals surface area (Å²) < 4.78 is 1.13. The second-order valence-electron chi connectivity index (χ2n) is 4.07. The van der Waals surface area contributed by atoms with E-state index in [-0.39, 0.29) is 6.61 Å². The summed E-state index contributed by atoms with van der Waals surface area (Å²) in [7, 11) is 0. The van der Waals surface area contributed by atoms with Crippen molar-refractivity contribution in [2.24, 2.45) is 0 Å². The van der Waals surface area contributed by atoms with Gasteiger partial charge in [0.1, 0.15) is 10.5 Å². The Bertz CT molecular complexity index is 550. The normalized spacial score (nSPS) is 15.3. The van der Waals surface area contributed by atoms with Gasteiger partial charge in [-0.3, -0.25) is 0 Å². The van der Waals surface area contributed by atoms with Gasteiger partial charge >= 0.3 is 0 Å². The molecule has 3 N–H and O–H groups in total. The number of hydrogen-bond acceptors (Lipinski definition) is 5. The first-order valence-electron chi connectivity index (χ1n) is 5.47. The monoisotopic (exact) mass is 235 g/mol. The van der Waals surface area contributed by atoms with Crippen LogP contribution in [0.3, 0.4) is 0 Å². The average molecular weight is 235 g/mol. The lowest BCUT2D eigenvalue weighted by Crippen LogP contribution is -2.07. The zero-order chi connectivity index (χ0) is 11.1. The molecule has 2 aromatic heterocycles. The van der Waals surface area contributed by atoms with Crippen LogP contribution >= 0.6 is 11.3 Å². The summed E-state index contributed by atoms with van der Waals surface area (Å²) in [6.45, 7) is -0.0203. The van der Waals surface area contributed by atoms with E-state index >= 15 is 0 Å². The molecule has 0 radical (unpaired) electrons. The lowest BCUT2D eigenvalue weighted by atomic mass is 9.96. The van der Waals surface area contributed by atoms with Gasteiger partial charge in [-0.1, -0.05) is 0 Å². The van der Waals surface area contributed by atoms with Crippen LogP contribution in [0.5, 0.6) is 0 Å². The zero-order valence-electron chi connectivity index (χ0n) is 8.86. The van der Waals surface area contributed by atoms with E-state index in [0.717, 1.165) is 33.8 Å². The molecule has 0 bridgehead atoms. The number of rotatable bonds is 1. The molecule has 0 atom stereocenters. The van der Waals surface area contributed by atoms with Crippen molar-refractivity contribution < 1.29 is 5.11 Å². The highest BCUT2D eigenvalue weighted by Gasteiger charge is 2.19. The molecular formula is C11H13N3OS. The van der Waals surface area contributed by atoms with Crippen LogP contribution in [0.2, 0.25) is 0 Å². The Kier molecular flexibility index (Phi) is 2.29. The van der Waals surface area contributed by atoms with Gasteiger partial charge in [-0.25, -0.2) is 9.97 Å².